The number of rotatable bonds is 3. The van der Waals surface area contributed by atoms with Crippen LogP contribution < -0.4 is 0 Å². The fourth-order valence-electron chi connectivity index (χ4n) is 1.35. The second kappa shape index (κ2) is 3.81. The Hall–Kier alpha value is -2.51. The van der Waals surface area contributed by atoms with Gasteiger partial charge in [0.2, 0.25) is 11.7 Å². The molecule has 0 saturated carbocycles. The number of nitrogens with zero attached hydrogens (tertiary/aromatic N) is 6. The van der Waals surface area contributed by atoms with Crippen LogP contribution in [0.4, 0.5) is 0 Å². The van der Waals surface area contributed by atoms with E-state index in [0.717, 1.165) is 5.56 Å². The lowest BCUT2D eigenvalue weighted by molar-refractivity contribution is 0.363. The highest BCUT2D eigenvalue weighted by Gasteiger charge is 2.11. The van der Waals surface area contributed by atoms with E-state index in [1.54, 1.807) is 30.2 Å². The molecule has 3 aromatic rings. The molecule has 8 heteroatoms. The molecule has 0 spiro atoms. The summed E-state index contributed by atoms with van der Waals surface area (Å²) in [5, 5.41) is 14.9. The predicted octanol–water partition coefficient (Wildman–Crippen LogP) is 0.673. The van der Waals surface area contributed by atoms with Gasteiger partial charge in [-0.25, -0.2) is 4.68 Å². The lowest BCUT2D eigenvalue weighted by Gasteiger charge is -1.94. The number of hydrogen-bond acceptors (Lipinski definition) is 7. The van der Waals surface area contributed by atoms with Gasteiger partial charge in [0.1, 0.15) is 18.6 Å². The lowest BCUT2D eigenvalue weighted by Crippen LogP contribution is -2.04. The molecule has 0 N–H and O–H groups in total. The van der Waals surface area contributed by atoms with Gasteiger partial charge in [0.05, 0.1) is 11.8 Å². The van der Waals surface area contributed by atoms with Crippen molar-refractivity contribution >= 4 is 0 Å². The summed E-state index contributed by atoms with van der Waals surface area (Å²) in [5.41, 5.74) is 0.772. The minimum atomic E-state index is 0.351. The zero-order chi connectivity index (χ0) is 11.7. The Kier molecular flexibility index (Phi) is 2.18. The Morgan fingerprint density at radius 1 is 1.41 bits per heavy atom. The van der Waals surface area contributed by atoms with Gasteiger partial charge in [-0.2, -0.15) is 4.98 Å². The van der Waals surface area contributed by atoms with Crippen molar-refractivity contribution in [2.75, 3.05) is 0 Å². The van der Waals surface area contributed by atoms with Gasteiger partial charge in [-0.05, 0) is 23.4 Å². The largest absolute Gasteiger partial charge is 0.472 e. The molecule has 3 heterocycles. The van der Waals surface area contributed by atoms with E-state index in [2.05, 4.69) is 25.7 Å². The normalized spacial score (nSPS) is 10.9. The summed E-state index contributed by atoms with van der Waals surface area (Å²) >= 11 is 0. The Bertz CT molecular complexity index is 611. The van der Waals surface area contributed by atoms with Crippen molar-refractivity contribution in [3.8, 4) is 11.4 Å². The van der Waals surface area contributed by atoms with Crippen LogP contribution in [0.3, 0.4) is 0 Å². The van der Waals surface area contributed by atoms with E-state index < -0.39 is 0 Å². The molecule has 8 nitrogen and oxygen atoms in total. The van der Waals surface area contributed by atoms with Crippen LogP contribution in [0.1, 0.15) is 11.7 Å². The average molecular weight is 232 g/mol. The number of furan rings is 1. The van der Waals surface area contributed by atoms with Crippen LogP contribution in [-0.2, 0) is 6.54 Å². The van der Waals surface area contributed by atoms with Gasteiger partial charge >= 0.3 is 0 Å². The first-order valence-electron chi connectivity index (χ1n) is 4.91. The van der Waals surface area contributed by atoms with Crippen LogP contribution in [0.5, 0.6) is 0 Å². The van der Waals surface area contributed by atoms with Gasteiger partial charge in [-0.3, -0.25) is 0 Å². The third-order valence-corrected chi connectivity index (χ3v) is 2.24. The van der Waals surface area contributed by atoms with Crippen LogP contribution in [0.15, 0.2) is 27.5 Å². The van der Waals surface area contributed by atoms with E-state index in [1.165, 1.54) is 0 Å². The molecule has 0 aliphatic heterocycles. The number of tetrazole rings is 1. The second-order valence-electron chi connectivity index (χ2n) is 3.41. The van der Waals surface area contributed by atoms with E-state index in [-0.39, 0.29) is 0 Å². The molecule has 3 rings (SSSR count). The first-order valence-corrected chi connectivity index (χ1v) is 4.91. The maximum absolute atomic E-state index is 5.10. The third kappa shape index (κ3) is 1.80. The summed E-state index contributed by atoms with van der Waals surface area (Å²) in [6, 6.07) is 1.76. The molecule has 0 unspecified atom stereocenters. The first kappa shape index (κ1) is 9.70. The van der Waals surface area contributed by atoms with Gasteiger partial charge in [0, 0.05) is 0 Å². The molecule has 0 amide bonds. The molecule has 0 fully saturated rings. The Balaban J connectivity index is 1.84. The number of hydrogen-bond donors (Lipinski definition) is 0. The topological polar surface area (TPSA) is 95.7 Å². The highest BCUT2D eigenvalue weighted by molar-refractivity contribution is 5.51. The maximum atomic E-state index is 5.10. The summed E-state index contributed by atoms with van der Waals surface area (Å²) in [6.07, 6.45) is 3.10. The molecule has 17 heavy (non-hydrogen) atoms. The molecule has 0 aliphatic carbocycles. The van der Waals surface area contributed by atoms with Crippen molar-refractivity contribution < 1.29 is 8.94 Å². The number of aryl methyl sites for hydroxylation is 1. The minimum absolute atomic E-state index is 0.351. The lowest BCUT2D eigenvalue weighted by atomic mass is 10.3. The molecular formula is C9H8N6O2. The van der Waals surface area contributed by atoms with Crippen molar-refractivity contribution in [1.82, 2.24) is 30.3 Å². The number of aromatic nitrogens is 6. The molecule has 0 saturated heterocycles. The van der Waals surface area contributed by atoms with Crippen molar-refractivity contribution in [2.45, 2.75) is 13.5 Å². The Labute approximate surface area is 95.2 Å². The van der Waals surface area contributed by atoms with E-state index in [0.29, 0.717) is 24.1 Å². The van der Waals surface area contributed by atoms with Crippen LogP contribution in [0.25, 0.3) is 11.4 Å². The Morgan fingerprint density at radius 3 is 3.06 bits per heavy atom. The molecule has 0 atom stereocenters. The van der Waals surface area contributed by atoms with Crippen molar-refractivity contribution in [1.29, 1.82) is 0 Å². The van der Waals surface area contributed by atoms with E-state index in [9.17, 15) is 0 Å². The molecule has 0 radical (unpaired) electrons. The Morgan fingerprint density at radius 2 is 2.35 bits per heavy atom. The van der Waals surface area contributed by atoms with Gasteiger partial charge in [0.25, 0.3) is 0 Å². The summed E-state index contributed by atoms with van der Waals surface area (Å²) in [7, 11) is 0. The highest BCUT2D eigenvalue weighted by atomic mass is 16.5. The molecule has 3 aromatic heterocycles. The molecule has 0 aromatic carbocycles. The van der Waals surface area contributed by atoms with Crippen LogP contribution in [-0.4, -0.2) is 30.3 Å². The van der Waals surface area contributed by atoms with Gasteiger partial charge in [0.15, 0.2) is 0 Å². The zero-order valence-corrected chi connectivity index (χ0v) is 8.94. The van der Waals surface area contributed by atoms with E-state index in [4.69, 9.17) is 8.94 Å². The zero-order valence-electron chi connectivity index (χ0n) is 8.94. The van der Waals surface area contributed by atoms with Crippen molar-refractivity contribution in [3.63, 3.8) is 0 Å². The van der Waals surface area contributed by atoms with Crippen molar-refractivity contribution in [3.05, 3.63) is 30.3 Å². The molecular weight excluding hydrogens is 224 g/mol. The minimum Gasteiger partial charge on any atom is -0.472 e. The van der Waals surface area contributed by atoms with Crippen molar-refractivity contribution in [2.24, 2.45) is 0 Å². The molecule has 0 aliphatic rings. The van der Waals surface area contributed by atoms with Crippen LogP contribution in [0.2, 0.25) is 0 Å². The summed E-state index contributed by atoms with van der Waals surface area (Å²) < 4.78 is 11.6. The van der Waals surface area contributed by atoms with Crippen LogP contribution >= 0.6 is 0 Å². The summed E-state index contributed by atoms with van der Waals surface area (Å²) in [5.74, 6) is 1.61. The fourth-order valence-corrected chi connectivity index (χ4v) is 1.35. The summed E-state index contributed by atoms with van der Waals surface area (Å²) in [4.78, 5) is 4.21. The predicted molar refractivity (Wildman–Crippen MR) is 53.7 cm³/mol. The van der Waals surface area contributed by atoms with Crippen LogP contribution in [0, 0.1) is 6.92 Å². The van der Waals surface area contributed by atoms with E-state index >= 15 is 0 Å². The molecule has 0 bridgehead atoms. The first-order chi connectivity index (χ1) is 8.33. The SMILES string of the molecule is Cc1nnnn1Cc1nc(-c2ccoc2)no1. The highest BCUT2D eigenvalue weighted by Crippen LogP contribution is 2.15. The van der Waals surface area contributed by atoms with Gasteiger partial charge in [-0.15, -0.1) is 5.10 Å². The smallest absolute Gasteiger partial charge is 0.248 e. The van der Waals surface area contributed by atoms with Gasteiger partial charge < -0.3 is 8.94 Å². The standard InChI is InChI=1S/C9H8N6O2/c1-6-11-13-14-15(6)4-8-10-9(12-17-8)7-2-3-16-5-7/h2-3,5H,4H2,1H3. The fraction of sp³-hybridized carbons (Fsp3) is 0.222. The quantitative estimate of drug-likeness (QED) is 0.654. The maximum Gasteiger partial charge on any atom is 0.248 e. The third-order valence-electron chi connectivity index (χ3n) is 2.24. The second-order valence-corrected chi connectivity index (χ2v) is 3.41. The average Bonchev–Trinajstić information content (AvgIpc) is 3.02. The van der Waals surface area contributed by atoms with E-state index in [1.807, 2.05) is 0 Å². The molecule has 86 valence electrons. The summed E-state index contributed by atoms with van der Waals surface area (Å²) in [6.45, 7) is 2.15. The monoisotopic (exact) mass is 232 g/mol. The van der Waals surface area contributed by atoms with Gasteiger partial charge in [-0.1, -0.05) is 5.16 Å².